The molecular weight excluding hydrogens is 178 g/mol. The molecule has 0 unspecified atom stereocenters. The molecule has 2 aromatic rings. The Hall–Kier alpha value is -1.48. The lowest BCUT2D eigenvalue weighted by Gasteiger charge is -2.07. The molecule has 3 nitrogen and oxygen atoms in total. The fourth-order valence-corrected chi connectivity index (χ4v) is 1.60. The van der Waals surface area contributed by atoms with Gasteiger partial charge in [-0.3, -0.25) is 0 Å². The van der Waals surface area contributed by atoms with E-state index in [1.165, 1.54) is 0 Å². The minimum Gasteiger partial charge on any atom is -0.492 e. The number of methoxy groups -OCH3 is 1. The van der Waals surface area contributed by atoms with Gasteiger partial charge in [0.25, 0.3) is 0 Å². The van der Waals surface area contributed by atoms with Gasteiger partial charge in [0.15, 0.2) is 11.3 Å². The zero-order valence-corrected chi connectivity index (χ0v) is 8.33. The summed E-state index contributed by atoms with van der Waals surface area (Å²) in [5.74, 6) is 0.821. The zero-order chi connectivity index (χ0) is 9.97. The third kappa shape index (κ3) is 1.36. The highest BCUT2D eigenvalue weighted by Gasteiger charge is 2.09. The Labute approximate surface area is 82.7 Å². The molecule has 0 aliphatic heterocycles. The largest absolute Gasteiger partial charge is 0.492 e. The zero-order valence-electron chi connectivity index (χ0n) is 8.33. The first-order valence-electron chi connectivity index (χ1n) is 4.54. The highest BCUT2D eigenvalue weighted by Crippen LogP contribution is 2.30. The summed E-state index contributed by atoms with van der Waals surface area (Å²) in [6, 6.07) is 6.02. The van der Waals surface area contributed by atoms with Gasteiger partial charge >= 0.3 is 0 Å². The van der Waals surface area contributed by atoms with Crippen molar-refractivity contribution in [1.82, 2.24) is 5.32 Å². The Morgan fingerprint density at radius 2 is 2.21 bits per heavy atom. The van der Waals surface area contributed by atoms with Gasteiger partial charge in [0.2, 0.25) is 0 Å². The minimum absolute atomic E-state index is 0.778. The van der Waals surface area contributed by atoms with E-state index in [0.717, 1.165) is 28.8 Å². The molecule has 1 N–H and O–H groups in total. The van der Waals surface area contributed by atoms with Gasteiger partial charge in [0.1, 0.15) is 0 Å². The SMILES string of the molecule is CNCc1ccc2ccoc2c1OC. The van der Waals surface area contributed by atoms with E-state index in [4.69, 9.17) is 9.15 Å². The molecule has 0 atom stereocenters. The van der Waals surface area contributed by atoms with Gasteiger partial charge in [-0.15, -0.1) is 0 Å². The predicted octanol–water partition coefficient (Wildman–Crippen LogP) is 2.16. The summed E-state index contributed by atoms with van der Waals surface area (Å²) in [4.78, 5) is 0. The molecule has 0 spiro atoms. The second-order valence-electron chi connectivity index (χ2n) is 3.13. The number of nitrogens with one attached hydrogen (secondary N) is 1. The van der Waals surface area contributed by atoms with E-state index >= 15 is 0 Å². The lowest BCUT2D eigenvalue weighted by Crippen LogP contribution is -2.06. The van der Waals surface area contributed by atoms with Crippen LogP contribution in [-0.2, 0) is 6.54 Å². The van der Waals surface area contributed by atoms with E-state index in [9.17, 15) is 0 Å². The van der Waals surface area contributed by atoms with Crippen molar-refractivity contribution in [2.24, 2.45) is 0 Å². The second kappa shape index (κ2) is 3.72. The quantitative estimate of drug-likeness (QED) is 0.807. The maximum absolute atomic E-state index is 5.37. The molecule has 0 aliphatic carbocycles. The molecule has 3 heteroatoms. The molecule has 1 aromatic heterocycles. The van der Waals surface area contributed by atoms with Crippen LogP contribution in [0.1, 0.15) is 5.56 Å². The molecule has 1 heterocycles. The van der Waals surface area contributed by atoms with E-state index < -0.39 is 0 Å². The molecule has 1 aromatic carbocycles. The fourth-order valence-electron chi connectivity index (χ4n) is 1.60. The fraction of sp³-hybridized carbons (Fsp3) is 0.273. The second-order valence-corrected chi connectivity index (χ2v) is 3.13. The summed E-state index contributed by atoms with van der Waals surface area (Å²) >= 11 is 0. The molecular formula is C11H13NO2. The summed E-state index contributed by atoms with van der Waals surface area (Å²) in [6.07, 6.45) is 1.68. The average Bonchev–Trinajstić information content (AvgIpc) is 2.66. The number of hydrogen-bond acceptors (Lipinski definition) is 3. The number of hydrogen-bond donors (Lipinski definition) is 1. The first kappa shape index (κ1) is 9.09. The van der Waals surface area contributed by atoms with Crippen LogP contribution in [0.25, 0.3) is 11.0 Å². The topological polar surface area (TPSA) is 34.4 Å². The summed E-state index contributed by atoms with van der Waals surface area (Å²) in [6.45, 7) is 0.778. The number of furan rings is 1. The highest BCUT2D eigenvalue weighted by atomic mass is 16.5. The third-order valence-electron chi connectivity index (χ3n) is 2.23. The minimum atomic E-state index is 0.778. The lowest BCUT2D eigenvalue weighted by atomic mass is 10.1. The standard InChI is InChI=1S/C11H13NO2/c1-12-7-9-4-3-8-5-6-14-11(8)10(9)13-2/h3-6,12H,7H2,1-2H3. The van der Waals surface area contributed by atoms with Crippen molar-refractivity contribution in [3.8, 4) is 5.75 Å². The first-order chi connectivity index (χ1) is 6.86. The van der Waals surface area contributed by atoms with Crippen molar-refractivity contribution < 1.29 is 9.15 Å². The molecule has 74 valence electrons. The van der Waals surface area contributed by atoms with Crippen molar-refractivity contribution in [3.05, 3.63) is 30.0 Å². The Morgan fingerprint density at radius 3 is 2.93 bits per heavy atom. The maximum Gasteiger partial charge on any atom is 0.176 e. The van der Waals surface area contributed by atoms with Crippen molar-refractivity contribution >= 4 is 11.0 Å². The summed E-state index contributed by atoms with van der Waals surface area (Å²) < 4.78 is 10.7. The smallest absolute Gasteiger partial charge is 0.176 e. The van der Waals surface area contributed by atoms with Crippen LogP contribution < -0.4 is 10.1 Å². The Balaban J connectivity index is 2.60. The summed E-state index contributed by atoms with van der Waals surface area (Å²) in [5.41, 5.74) is 1.93. The molecule has 0 saturated carbocycles. The van der Waals surface area contributed by atoms with Crippen LogP contribution in [0.2, 0.25) is 0 Å². The van der Waals surface area contributed by atoms with Gasteiger partial charge in [-0.05, 0) is 13.1 Å². The van der Waals surface area contributed by atoms with Gasteiger partial charge < -0.3 is 14.5 Å². The highest BCUT2D eigenvalue weighted by molar-refractivity contribution is 5.84. The van der Waals surface area contributed by atoms with Gasteiger partial charge in [-0.25, -0.2) is 0 Å². The Bertz CT molecular complexity index is 434. The van der Waals surface area contributed by atoms with Gasteiger partial charge in [0.05, 0.1) is 13.4 Å². The number of rotatable bonds is 3. The number of ether oxygens (including phenoxy) is 1. The average molecular weight is 191 g/mol. The molecule has 0 bridgehead atoms. The molecule has 0 fully saturated rings. The van der Waals surface area contributed by atoms with E-state index in [1.807, 2.05) is 25.2 Å². The van der Waals surface area contributed by atoms with Crippen LogP contribution in [0.5, 0.6) is 5.75 Å². The number of fused-ring (bicyclic) bond motifs is 1. The van der Waals surface area contributed by atoms with Crippen LogP contribution >= 0.6 is 0 Å². The van der Waals surface area contributed by atoms with Crippen molar-refractivity contribution in [2.75, 3.05) is 14.2 Å². The maximum atomic E-state index is 5.37. The van der Waals surface area contributed by atoms with E-state index in [1.54, 1.807) is 13.4 Å². The van der Waals surface area contributed by atoms with Crippen LogP contribution in [0.4, 0.5) is 0 Å². The van der Waals surface area contributed by atoms with Gasteiger partial charge in [0, 0.05) is 17.5 Å². The first-order valence-corrected chi connectivity index (χ1v) is 4.54. The lowest BCUT2D eigenvalue weighted by molar-refractivity contribution is 0.404. The van der Waals surface area contributed by atoms with Crippen LogP contribution in [0, 0.1) is 0 Å². The van der Waals surface area contributed by atoms with E-state index in [2.05, 4.69) is 5.32 Å². The van der Waals surface area contributed by atoms with Crippen molar-refractivity contribution in [1.29, 1.82) is 0 Å². The molecule has 2 rings (SSSR count). The van der Waals surface area contributed by atoms with Crippen molar-refractivity contribution in [2.45, 2.75) is 6.54 Å². The summed E-state index contributed by atoms with van der Waals surface area (Å²) in [7, 11) is 3.57. The Kier molecular flexibility index (Phi) is 2.41. The van der Waals surface area contributed by atoms with Crippen molar-refractivity contribution in [3.63, 3.8) is 0 Å². The Morgan fingerprint density at radius 1 is 1.36 bits per heavy atom. The van der Waals surface area contributed by atoms with Gasteiger partial charge in [-0.1, -0.05) is 12.1 Å². The molecule has 14 heavy (non-hydrogen) atoms. The molecule has 0 aliphatic rings. The number of benzene rings is 1. The molecule has 0 saturated heterocycles. The predicted molar refractivity (Wildman–Crippen MR) is 55.5 cm³/mol. The molecule has 0 radical (unpaired) electrons. The molecule has 0 amide bonds. The monoisotopic (exact) mass is 191 g/mol. The van der Waals surface area contributed by atoms with E-state index in [-0.39, 0.29) is 0 Å². The van der Waals surface area contributed by atoms with Crippen LogP contribution in [0.15, 0.2) is 28.9 Å². The normalized spacial score (nSPS) is 10.7. The van der Waals surface area contributed by atoms with Crippen LogP contribution in [0.3, 0.4) is 0 Å². The van der Waals surface area contributed by atoms with Crippen LogP contribution in [-0.4, -0.2) is 14.2 Å². The van der Waals surface area contributed by atoms with Gasteiger partial charge in [-0.2, -0.15) is 0 Å². The third-order valence-corrected chi connectivity index (χ3v) is 2.23. The van der Waals surface area contributed by atoms with E-state index in [0.29, 0.717) is 0 Å². The summed E-state index contributed by atoms with van der Waals surface area (Å²) in [5, 5.41) is 4.16.